The van der Waals surface area contributed by atoms with Crippen LogP contribution in [0.4, 0.5) is 0 Å². The second-order valence-electron chi connectivity index (χ2n) is 6.46. The van der Waals surface area contributed by atoms with Crippen molar-refractivity contribution >= 4 is 39.3 Å². The van der Waals surface area contributed by atoms with E-state index in [0.29, 0.717) is 17.5 Å². The molecule has 7 heteroatoms. The average molecular weight is 501 g/mol. The van der Waals surface area contributed by atoms with Crippen LogP contribution in [0.3, 0.4) is 0 Å². The van der Waals surface area contributed by atoms with Gasteiger partial charge in [0.05, 0.1) is 11.6 Å². The van der Waals surface area contributed by atoms with Gasteiger partial charge in [0.15, 0.2) is 11.0 Å². The maximum Gasteiger partial charge on any atom is 0.196 e. The van der Waals surface area contributed by atoms with E-state index in [1.807, 2.05) is 72.2 Å². The van der Waals surface area contributed by atoms with Crippen LogP contribution in [-0.4, -0.2) is 21.4 Å². The topological polar surface area (TPSA) is 39.9 Å². The highest BCUT2D eigenvalue weighted by molar-refractivity contribution is 9.10. The molecule has 30 heavy (non-hydrogen) atoms. The highest BCUT2D eigenvalue weighted by atomic mass is 79.9. The summed E-state index contributed by atoms with van der Waals surface area (Å²) in [5.41, 5.74) is 3.01. The maximum atomic E-state index is 6.47. The van der Waals surface area contributed by atoms with Crippen LogP contribution in [0.15, 0.2) is 82.4 Å². The van der Waals surface area contributed by atoms with Gasteiger partial charge in [0.25, 0.3) is 0 Å². The molecular formula is C23H19BrClN3OS. The van der Waals surface area contributed by atoms with Gasteiger partial charge >= 0.3 is 0 Å². The van der Waals surface area contributed by atoms with E-state index >= 15 is 0 Å². The number of thioether (sulfide) groups is 1. The van der Waals surface area contributed by atoms with Crippen LogP contribution >= 0.6 is 39.3 Å². The zero-order valence-electron chi connectivity index (χ0n) is 16.3. The molecule has 152 valence electrons. The summed E-state index contributed by atoms with van der Waals surface area (Å²) in [6, 6.07) is 23.9. The van der Waals surface area contributed by atoms with Gasteiger partial charge in [-0.2, -0.15) is 0 Å². The summed E-state index contributed by atoms with van der Waals surface area (Å²) < 4.78 is 8.69. The Morgan fingerprint density at radius 2 is 1.70 bits per heavy atom. The fourth-order valence-electron chi connectivity index (χ4n) is 3.00. The number of aromatic nitrogens is 3. The van der Waals surface area contributed by atoms with Gasteiger partial charge in [0.1, 0.15) is 5.75 Å². The molecule has 3 aromatic carbocycles. The molecule has 0 aliphatic rings. The molecule has 1 heterocycles. The van der Waals surface area contributed by atoms with Crippen molar-refractivity contribution in [3.63, 3.8) is 0 Å². The number of nitrogens with zero attached hydrogens (tertiary/aromatic N) is 3. The SMILES string of the molecule is CCOc1ccc(-n2c(SCc3ccc(Br)cc3)nnc2-c2ccccc2Cl)cc1. The predicted octanol–water partition coefficient (Wildman–Crippen LogP) is 7.04. The Labute approximate surface area is 193 Å². The maximum absolute atomic E-state index is 6.47. The Kier molecular flexibility index (Phi) is 6.77. The average Bonchev–Trinajstić information content (AvgIpc) is 3.18. The molecule has 0 aliphatic heterocycles. The summed E-state index contributed by atoms with van der Waals surface area (Å²) in [5.74, 6) is 2.33. The third kappa shape index (κ3) is 4.72. The van der Waals surface area contributed by atoms with Crippen LogP contribution in [0.25, 0.3) is 17.1 Å². The van der Waals surface area contributed by atoms with E-state index in [4.69, 9.17) is 16.3 Å². The van der Waals surface area contributed by atoms with Crippen LogP contribution < -0.4 is 4.74 Å². The summed E-state index contributed by atoms with van der Waals surface area (Å²) >= 11 is 11.6. The van der Waals surface area contributed by atoms with Crippen LogP contribution in [0.2, 0.25) is 5.02 Å². The molecule has 0 aliphatic carbocycles. The Bertz CT molecular complexity index is 1130. The van der Waals surface area contributed by atoms with Crippen molar-refractivity contribution in [2.45, 2.75) is 17.8 Å². The van der Waals surface area contributed by atoms with Gasteiger partial charge < -0.3 is 4.74 Å². The van der Waals surface area contributed by atoms with Gasteiger partial charge in [-0.15, -0.1) is 10.2 Å². The first-order chi connectivity index (χ1) is 14.7. The minimum Gasteiger partial charge on any atom is -0.494 e. The first kappa shape index (κ1) is 21.0. The second kappa shape index (κ2) is 9.69. The lowest BCUT2D eigenvalue weighted by Gasteiger charge is -2.12. The summed E-state index contributed by atoms with van der Waals surface area (Å²) in [4.78, 5) is 0. The third-order valence-electron chi connectivity index (χ3n) is 4.44. The number of rotatable bonds is 7. The lowest BCUT2D eigenvalue weighted by atomic mass is 10.2. The molecule has 0 bridgehead atoms. The molecule has 0 amide bonds. The molecule has 0 radical (unpaired) electrons. The van der Waals surface area contributed by atoms with Crippen LogP contribution in [0, 0.1) is 0 Å². The molecule has 0 spiro atoms. The van der Waals surface area contributed by atoms with Crippen LogP contribution in [-0.2, 0) is 5.75 Å². The van der Waals surface area contributed by atoms with E-state index in [0.717, 1.165) is 32.4 Å². The monoisotopic (exact) mass is 499 g/mol. The third-order valence-corrected chi connectivity index (χ3v) is 6.29. The predicted molar refractivity (Wildman–Crippen MR) is 127 cm³/mol. The van der Waals surface area contributed by atoms with E-state index in [-0.39, 0.29) is 0 Å². The molecule has 0 atom stereocenters. The fraction of sp³-hybridized carbons (Fsp3) is 0.130. The standard InChI is InChI=1S/C23H19BrClN3OS/c1-2-29-19-13-11-18(12-14-19)28-22(20-5-3-4-6-21(20)25)26-27-23(28)30-15-16-7-9-17(24)10-8-16/h3-14H,2,15H2,1H3. The van der Waals surface area contributed by atoms with Crippen molar-refractivity contribution in [2.24, 2.45) is 0 Å². The molecule has 1 aromatic heterocycles. The van der Waals surface area contributed by atoms with Crippen molar-refractivity contribution in [2.75, 3.05) is 6.61 Å². The molecule has 0 fully saturated rings. The lowest BCUT2D eigenvalue weighted by Crippen LogP contribution is -2.00. The Morgan fingerprint density at radius 1 is 0.967 bits per heavy atom. The van der Waals surface area contributed by atoms with Crippen molar-refractivity contribution in [1.82, 2.24) is 14.8 Å². The summed E-state index contributed by atoms with van der Waals surface area (Å²) in [6.07, 6.45) is 0. The van der Waals surface area contributed by atoms with Crippen molar-refractivity contribution < 1.29 is 4.74 Å². The number of hydrogen-bond acceptors (Lipinski definition) is 4. The second-order valence-corrected chi connectivity index (χ2v) is 8.73. The minimum absolute atomic E-state index is 0.630. The van der Waals surface area contributed by atoms with E-state index in [2.05, 4.69) is 38.3 Å². The lowest BCUT2D eigenvalue weighted by molar-refractivity contribution is 0.340. The van der Waals surface area contributed by atoms with Crippen LogP contribution in [0.5, 0.6) is 5.75 Å². The first-order valence-electron chi connectivity index (χ1n) is 9.46. The normalized spacial score (nSPS) is 10.9. The van der Waals surface area contributed by atoms with E-state index in [9.17, 15) is 0 Å². The Hall–Kier alpha value is -2.28. The molecule has 0 saturated heterocycles. The number of hydrogen-bond donors (Lipinski definition) is 0. The van der Waals surface area contributed by atoms with Gasteiger partial charge in [-0.05, 0) is 61.0 Å². The van der Waals surface area contributed by atoms with Crippen LogP contribution in [0.1, 0.15) is 12.5 Å². The smallest absolute Gasteiger partial charge is 0.196 e. The first-order valence-corrected chi connectivity index (χ1v) is 11.6. The minimum atomic E-state index is 0.630. The molecular weight excluding hydrogens is 482 g/mol. The van der Waals surface area contributed by atoms with E-state index in [1.165, 1.54) is 5.56 Å². The number of halogens is 2. The van der Waals surface area contributed by atoms with Gasteiger partial charge in [0.2, 0.25) is 0 Å². The highest BCUT2D eigenvalue weighted by Gasteiger charge is 2.18. The number of benzene rings is 3. The summed E-state index contributed by atoms with van der Waals surface area (Å²) in [5, 5.41) is 10.4. The van der Waals surface area contributed by atoms with E-state index in [1.54, 1.807) is 11.8 Å². The zero-order chi connectivity index (χ0) is 20.9. The van der Waals surface area contributed by atoms with Gasteiger partial charge in [0, 0.05) is 21.5 Å². The highest BCUT2D eigenvalue weighted by Crippen LogP contribution is 2.33. The molecule has 4 aromatic rings. The Balaban J connectivity index is 1.72. The quantitative estimate of drug-likeness (QED) is 0.255. The van der Waals surface area contributed by atoms with Gasteiger partial charge in [-0.1, -0.05) is 63.6 Å². The van der Waals surface area contributed by atoms with Gasteiger partial charge in [-0.3, -0.25) is 4.57 Å². The van der Waals surface area contributed by atoms with Crippen molar-refractivity contribution in [1.29, 1.82) is 0 Å². The number of ether oxygens (including phenoxy) is 1. The summed E-state index contributed by atoms with van der Waals surface area (Å²) in [6.45, 7) is 2.60. The molecule has 0 saturated carbocycles. The molecule has 4 nitrogen and oxygen atoms in total. The van der Waals surface area contributed by atoms with E-state index < -0.39 is 0 Å². The largest absolute Gasteiger partial charge is 0.494 e. The molecule has 4 rings (SSSR count). The van der Waals surface area contributed by atoms with Gasteiger partial charge in [-0.25, -0.2) is 0 Å². The fourth-order valence-corrected chi connectivity index (χ4v) is 4.39. The van der Waals surface area contributed by atoms with Crippen molar-refractivity contribution in [3.05, 3.63) is 87.9 Å². The molecule has 0 unspecified atom stereocenters. The zero-order valence-corrected chi connectivity index (χ0v) is 19.4. The Morgan fingerprint density at radius 3 is 2.40 bits per heavy atom. The molecule has 0 N–H and O–H groups in total. The summed E-state index contributed by atoms with van der Waals surface area (Å²) in [7, 11) is 0. The van der Waals surface area contributed by atoms with Crippen molar-refractivity contribution in [3.8, 4) is 22.8 Å².